The summed E-state index contributed by atoms with van der Waals surface area (Å²) in [7, 11) is 1.79. The van der Waals surface area contributed by atoms with Gasteiger partial charge in [-0.25, -0.2) is 0 Å². The first-order chi connectivity index (χ1) is 8.44. The van der Waals surface area contributed by atoms with Gasteiger partial charge in [-0.05, 0) is 30.7 Å². The summed E-state index contributed by atoms with van der Waals surface area (Å²) in [5.74, 6) is 0.730. The van der Waals surface area contributed by atoms with Crippen molar-refractivity contribution in [1.82, 2.24) is 10.2 Å². The lowest BCUT2D eigenvalue weighted by atomic mass is 9.92. The molecule has 0 aromatic heterocycles. The van der Waals surface area contributed by atoms with Gasteiger partial charge in [-0.3, -0.25) is 4.90 Å². The Morgan fingerprint density at radius 3 is 2.50 bits per heavy atom. The molecule has 0 bridgehead atoms. The molecular weight excluding hydrogens is 224 g/mol. The average molecular weight is 256 g/mol. The van der Waals surface area contributed by atoms with Crippen molar-refractivity contribution in [2.45, 2.75) is 46.6 Å². The monoisotopic (exact) mass is 256 g/mol. The van der Waals surface area contributed by atoms with E-state index in [1.54, 1.807) is 7.11 Å². The minimum absolute atomic E-state index is 0.339. The molecule has 0 amide bonds. The van der Waals surface area contributed by atoms with E-state index in [1.807, 2.05) is 0 Å². The number of nitrogens with one attached hydrogen (secondary N) is 1. The van der Waals surface area contributed by atoms with Crippen LogP contribution in [0.4, 0.5) is 0 Å². The predicted molar refractivity (Wildman–Crippen MR) is 78.0 cm³/mol. The van der Waals surface area contributed by atoms with Crippen LogP contribution in [0.5, 0.6) is 0 Å². The van der Waals surface area contributed by atoms with Crippen LogP contribution in [-0.4, -0.2) is 50.8 Å². The summed E-state index contributed by atoms with van der Waals surface area (Å²) in [6, 6.07) is 0.824. The van der Waals surface area contributed by atoms with Gasteiger partial charge < -0.3 is 10.1 Å². The molecular formula is C15H32N2O. The van der Waals surface area contributed by atoms with Gasteiger partial charge in [0.25, 0.3) is 0 Å². The van der Waals surface area contributed by atoms with Crippen LogP contribution in [0, 0.1) is 11.3 Å². The smallest absolute Gasteiger partial charge is 0.0589 e. The lowest BCUT2D eigenvalue weighted by molar-refractivity contribution is 0.111. The van der Waals surface area contributed by atoms with Gasteiger partial charge in [0.05, 0.1) is 6.61 Å². The third-order valence-corrected chi connectivity index (χ3v) is 3.43. The van der Waals surface area contributed by atoms with Crippen LogP contribution in [0.25, 0.3) is 0 Å². The van der Waals surface area contributed by atoms with E-state index < -0.39 is 0 Å². The molecule has 0 spiro atoms. The minimum atomic E-state index is 0.339. The van der Waals surface area contributed by atoms with E-state index in [9.17, 15) is 0 Å². The molecule has 0 atom stereocenters. The first-order valence-corrected chi connectivity index (χ1v) is 7.38. The highest BCUT2D eigenvalue weighted by Crippen LogP contribution is 2.29. The van der Waals surface area contributed by atoms with Crippen LogP contribution in [-0.2, 0) is 4.74 Å². The summed E-state index contributed by atoms with van der Waals surface area (Å²) in [5, 5.41) is 3.59. The largest absolute Gasteiger partial charge is 0.383 e. The van der Waals surface area contributed by atoms with Crippen LogP contribution < -0.4 is 5.32 Å². The summed E-state index contributed by atoms with van der Waals surface area (Å²) in [4.78, 5) is 2.61. The van der Waals surface area contributed by atoms with Crippen LogP contribution in [0.2, 0.25) is 0 Å². The zero-order valence-corrected chi connectivity index (χ0v) is 13.0. The molecule has 1 aliphatic carbocycles. The van der Waals surface area contributed by atoms with E-state index >= 15 is 0 Å². The molecule has 1 rings (SSSR count). The predicted octanol–water partition coefficient (Wildman–Crippen LogP) is 2.37. The highest BCUT2D eigenvalue weighted by atomic mass is 16.5. The van der Waals surface area contributed by atoms with Crippen molar-refractivity contribution in [3.8, 4) is 0 Å². The van der Waals surface area contributed by atoms with Gasteiger partial charge in [0, 0.05) is 32.8 Å². The zero-order valence-electron chi connectivity index (χ0n) is 13.0. The molecule has 1 fully saturated rings. The number of hydrogen-bond donors (Lipinski definition) is 1. The summed E-state index contributed by atoms with van der Waals surface area (Å²) in [6.45, 7) is 14.6. The summed E-state index contributed by atoms with van der Waals surface area (Å²) >= 11 is 0. The first-order valence-electron chi connectivity index (χ1n) is 7.38. The van der Waals surface area contributed by atoms with E-state index in [1.165, 1.54) is 19.4 Å². The fourth-order valence-electron chi connectivity index (χ4n) is 2.34. The highest BCUT2D eigenvalue weighted by Gasteiger charge is 2.32. The molecule has 0 aliphatic heterocycles. The summed E-state index contributed by atoms with van der Waals surface area (Å²) in [6.07, 6.45) is 2.75. The molecule has 0 aromatic carbocycles. The molecule has 0 aromatic rings. The van der Waals surface area contributed by atoms with Crippen molar-refractivity contribution < 1.29 is 4.74 Å². The molecule has 0 heterocycles. The molecule has 3 heteroatoms. The van der Waals surface area contributed by atoms with Crippen LogP contribution in [0.3, 0.4) is 0 Å². The number of ether oxygens (including phenoxy) is 1. The maximum absolute atomic E-state index is 5.22. The van der Waals surface area contributed by atoms with E-state index in [4.69, 9.17) is 4.74 Å². The third-order valence-electron chi connectivity index (χ3n) is 3.43. The van der Waals surface area contributed by atoms with Crippen LogP contribution in [0.1, 0.15) is 40.5 Å². The molecule has 0 unspecified atom stereocenters. The normalized spacial score (nSPS) is 16.8. The van der Waals surface area contributed by atoms with E-state index in [-0.39, 0.29) is 0 Å². The number of nitrogens with zero attached hydrogens (tertiary/aromatic N) is 1. The lowest BCUT2D eigenvalue weighted by Crippen LogP contribution is -2.43. The second kappa shape index (κ2) is 7.46. The fraction of sp³-hybridized carbons (Fsp3) is 1.00. The van der Waals surface area contributed by atoms with Crippen molar-refractivity contribution in [1.29, 1.82) is 0 Å². The van der Waals surface area contributed by atoms with Gasteiger partial charge in [0.2, 0.25) is 0 Å². The quantitative estimate of drug-likeness (QED) is 0.649. The number of rotatable bonds is 10. The molecule has 0 saturated heterocycles. The van der Waals surface area contributed by atoms with Crippen molar-refractivity contribution in [2.24, 2.45) is 11.3 Å². The Labute approximate surface area is 113 Å². The Balaban J connectivity index is 2.30. The Morgan fingerprint density at radius 1 is 1.33 bits per heavy atom. The Kier molecular flexibility index (Phi) is 6.61. The molecule has 3 nitrogen and oxygen atoms in total. The lowest BCUT2D eigenvalue weighted by Gasteiger charge is -2.33. The van der Waals surface area contributed by atoms with E-state index in [2.05, 4.69) is 37.9 Å². The number of hydrogen-bond acceptors (Lipinski definition) is 3. The van der Waals surface area contributed by atoms with Crippen molar-refractivity contribution in [3.05, 3.63) is 0 Å². The topological polar surface area (TPSA) is 24.5 Å². The van der Waals surface area contributed by atoms with E-state index in [0.29, 0.717) is 5.41 Å². The van der Waals surface area contributed by atoms with Gasteiger partial charge in [-0.2, -0.15) is 0 Å². The fourth-order valence-corrected chi connectivity index (χ4v) is 2.34. The summed E-state index contributed by atoms with van der Waals surface area (Å²) in [5.41, 5.74) is 0.339. The second-order valence-corrected chi connectivity index (χ2v) is 6.88. The van der Waals surface area contributed by atoms with E-state index in [0.717, 1.165) is 38.2 Å². The van der Waals surface area contributed by atoms with Gasteiger partial charge in [0.15, 0.2) is 0 Å². The minimum Gasteiger partial charge on any atom is -0.383 e. The third kappa shape index (κ3) is 6.72. The van der Waals surface area contributed by atoms with Crippen molar-refractivity contribution in [2.75, 3.05) is 39.9 Å². The highest BCUT2D eigenvalue weighted by molar-refractivity contribution is 4.88. The maximum atomic E-state index is 5.22. The Hall–Kier alpha value is -0.120. The Bertz CT molecular complexity index is 225. The van der Waals surface area contributed by atoms with Crippen LogP contribution in [0.15, 0.2) is 0 Å². The zero-order chi connectivity index (χ0) is 13.6. The number of methoxy groups -OCH3 is 1. The van der Waals surface area contributed by atoms with Crippen molar-refractivity contribution >= 4 is 0 Å². The molecule has 18 heavy (non-hydrogen) atoms. The molecule has 1 aliphatic rings. The van der Waals surface area contributed by atoms with Crippen molar-refractivity contribution in [3.63, 3.8) is 0 Å². The SMILES string of the molecule is COCCN(CC(C)(C)CNCC(C)C)C1CC1. The van der Waals surface area contributed by atoms with Gasteiger partial charge in [-0.15, -0.1) is 0 Å². The van der Waals surface area contributed by atoms with Gasteiger partial charge in [0.1, 0.15) is 0 Å². The second-order valence-electron chi connectivity index (χ2n) is 6.88. The van der Waals surface area contributed by atoms with Gasteiger partial charge >= 0.3 is 0 Å². The molecule has 0 radical (unpaired) electrons. The Morgan fingerprint density at radius 2 is 2.00 bits per heavy atom. The van der Waals surface area contributed by atoms with Crippen LogP contribution >= 0.6 is 0 Å². The summed E-state index contributed by atoms with van der Waals surface area (Å²) < 4.78 is 5.22. The van der Waals surface area contributed by atoms with Gasteiger partial charge in [-0.1, -0.05) is 27.7 Å². The molecule has 1 N–H and O–H groups in total. The molecule has 108 valence electrons. The first kappa shape index (κ1) is 15.9. The average Bonchev–Trinajstić information content (AvgIpc) is 3.06. The standard InChI is InChI=1S/C15H32N2O/c1-13(2)10-16-11-15(3,4)12-17(8-9-18-5)14-6-7-14/h13-14,16H,6-12H2,1-5H3. The maximum Gasteiger partial charge on any atom is 0.0589 e. The molecule has 1 saturated carbocycles.